The summed E-state index contributed by atoms with van der Waals surface area (Å²) in [5.74, 6) is 1.76. The Morgan fingerprint density at radius 3 is 1.61 bits per heavy atom. The van der Waals surface area contributed by atoms with E-state index in [0.717, 1.165) is 58.3 Å². The van der Waals surface area contributed by atoms with Crippen molar-refractivity contribution in [1.29, 1.82) is 0 Å². The Morgan fingerprint density at radius 2 is 1.12 bits per heavy atom. The van der Waals surface area contributed by atoms with E-state index in [1.54, 1.807) is 24.3 Å². The number of carbonyl (C=O) groups excluding carboxylic acids is 1. The number of ether oxygens (including phenoxy) is 2. The Bertz CT molecular complexity index is 2250. The molecule has 4 N–H and O–H groups in total. The van der Waals surface area contributed by atoms with Gasteiger partial charge >= 0.3 is 5.97 Å². The summed E-state index contributed by atoms with van der Waals surface area (Å²) in [6, 6.07) is 25.9. The molecule has 0 aliphatic heterocycles. The first-order valence-corrected chi connectivity index (χ1v) is 19.4. The number of benzene rings is 4. The molecule has 2 aromatic heterocycles. The molecule has 0 radical (unpaired) electrons. The number of aryl methyl sites for hydroxylation is 6. The van der Waals surface area contributed by atoms with Crippen LogP contribution in [0.1, 0.15) is 103 Å². The third kappa shape index (κ3) is 10.5. The van der Waals surface area contributed by atoms with Crippen molar-refractivity contribution in [3.63, 3.8) is 0 Å². The minimum absolute atomic E-state index is 0.101. The molecule has 2 aliphatic carbocycles. The van der Waals surface area contributed by atoms with Gasteiger partial charge in [-0.25, -0.2) is 4.79 Å². The number of rotatable bonds is 9. The van der Waals surface area contributed by atoms with Gasteiger partial charge in [0.05, 0.1) is 28.1 Å². The van der Waals surface area contributed by atoms with Crippen molar-refractivity contribution >= 4 is 23.3 Å². The van der Waals surface area contributed by atoms with E-state index in [0.29, 0.717) is 30.3 Å². The lowest BCUT2D eigenvalue weighted by molar-refractivity contribution is 0.0696. The van der Waals surface area contributed by atoms with E-state index in [1.807, 2.05) is 58.0 Å². The minimum Gasteiger partial charge on any atom is -0.489 e. The highest BCUT2D eigenvalue weighted by Gasteiger charge is 2.16. The quantitative estimate of drug-likeness (QED) is 0.121. The van der Waals surface area contributed by atoms with Crippen LogP contribution in [-0.4, -0.2) is 27.3 Å². The first kappa shape index (κ1) is 40.3. The van der Waals surface area contributed by atoms with Gasteiger partial charge in [-0.15, -0.1) is 0 Å². The Kier molecular flexibility index (Phi) is 13.4. The largest absolute Gasteiger partial charge is 0.489 e. The van der Waals surface area contributed by atoms with Crippen LogP contribution in [0.15, 0.2) is 94.0 Å². The number of nitrogens with zero attached hydrogens (tertiary/aromatic N) is 2. The average Bonchev–Trinajstić information content (AvgIpc) is 3.73. The number of anilines is 2. The van der Waals surface area contributed by atoms with Gasteiger partial charge in [-0.05, 0) is 162 Å². The molecular weight excluding hydrogens is 721 g/mol. The predicted molar refractivity (Wildman–Crippen MR) is 219 cm³/mol. The standard InChI is InChI=1S/C23H24N2O3.C13H13NO4.C10H13N/c1-15-21(16(2)28-25-15)14-27-19-12-10-18(11-13-19)23(26)24-22-9-5-7-17-6-3-4-8-20(17)22;1-8-12(9(2)18-14-8)7-17-11-5-3-10(4-6-11)13(15)16;11-10-7-3-5-8-4-1-2-6-9(8)10/h5,7,9-13H,3-4,6,8,14H2,1-2H3,(H,24,26);3-6H,7H2,1-2H3,(H,15,16);3,5,7H,1-2,4,6,11H2. The molecule has 11 nitrogen and oxygen atoms in total. The SMILES string of the molecule is Cc1noc(C)c1COc1ccc(C(=O)Nc2cccc3c2CCCC3)cc1.Cc1noc(C)c1COc1ccc(C(=O)O)cc1.Nc1cccc2c1CCCC2. The Morgan fingerprint density at radius 1 is 0.649 bits per heavy atom. The fourth-order valence-corrected chi connectivity index (χ4v) is 7.03. The first-order chi connectivity index (χ1) is 27.6. The van der Waals surface area contributed by atoms with Gasteiger partial charge < -0.3 is 34.7 Å². The molecule has 4 aromatic carbocycles. The summed E-state index contributed by atoms with van der Waals surface area (Å²) in [4.78, 5) is 23.4. The lowest BCUT2D eigenvalue weighted by atomic mass is 9.90. The summed E-state index contributed by atoms with van der Waals surface area (Å²) in [5.41, 5.74) is 17.6. The minimum atomic E-state index is -0.952. The topological polar surface area (TPSA) is 163 Å². The maximum atomic E-state index is 12.7. The molecule has 0 atom stereocenters. The molecule has 0 bridgehead atoms. The van der Waals surface area contributed by atoms with Crippen LogP contribution in [0.25, 0.3) is 0 Å². The lowest BCUT2D eigenvalue weighted by Crippen LogP contribution is -2.15. The molecule has 8 rings (SSSR count). The van der Waals surface area contributed by atoms with Gasteiger partial charge in [0.2, 0.25) is 0 Å². The lowest BCUT2D eigenvalue weighted by Gasteiger charge is -2.19. The van der Waals surface area contributed by atoms with Crippen molar-refractivity contribution in [2.75, 3.05) is 11.1 Å². The third-order valence-corrected chi connectivity index (χ3v) is 10.4. The van der Waals surface area contributed by atoms with Gasteiger partial charge in [0.25, 0.3) is 5.91 Å². The molecule has 2 heterocycles. The van der Waals surface area contributed by atoms with E-state index in [-0.39, 0.29) is 11.5 Å². The van der Waals surface area contributed by atoms with Gasteiger partial charge in [0, 0.05) is 16.9 Å². The highest BCUT2D eigenvalue weighted by Crippen LogP contribution is 2.29. The van der Waals surface area contributed by atoms with Crippen LogP contribution in [0.3, 0.4) is 0 Å². The number of nitrogen functional groups attached to an aromatic ring is 1. The number of aromatic carboxylic acids is 1. The smallest absolute Gasteiger partial charge is 0.335 e. The zero-order valence-electron chi connectivity index (χ0n) is 33.0. The second-order valence-corrected chi connectivity index (χ2v) is 14.3. The van der Waals surface area contributed by atoms with Gasteiger partial charge in [0.1, 0.15) is 36.2 Å². The summed E-state index contributed by atoms with van der Waals surface area (Å²) in [5, 5.41) is 19.6. The second kappa shape index (κ2) is 19.0. The third-order valence-electron chi connectivity index (χ3n) is 10.4. The second-order valence-electron chi connectivity index (χ2n) is 14.3. The van der Waals surface area contributed by atoms with E-state index in [9.17, 15) is 9.59 Å². The first-order valence-electron chi connectivity index (χ1n) is 19.4. The molecule has 0 unspecified atom stereocenters. The van der Waals surface area contributed by atoms with Crippen molar-refractivity contribution in [2.45, 2.75) is 92.3 Å². The number of carbonyl (C=O) groups is 2. The van der Waals surface area contributed by atoms with Crippen molar-refractivity contribution in [3.8, 4) is 11.5 Å². The maximum Gasteiger partial charge on any atom is 0.335 e. The van der Waals surface area contributed by atoms with E-state index >= 15 is 0 Å². The maximum absolute atomic E-state index is 12.7. The molecule has 296 valence electrons. The van der Waals surface area contributed by atoms with Crippen molar-refractivity contribution in [2.24, 2.45) is 0 Å². The van der Waals surface area contributed by atoms with Gasteiger partial charge in [0.15, 0.2) is 0 Å². The molecule has 1 amide bonds. The van der Waals surface area contributed by atoms with E-state index < -0.39 is 5.97 Å². The molecule has 2 aliphatic rings. The summed E-state index contributed by atoms with van der Waals surface area (Å²) in [6.45, 7) is 8.19. The average molecular weight is 771 g/mol. The normalized spacial score (nSPS) is 12.8. The Labute approximate surface area is 333 Å². The molecule has 6 aromatic rings. The number of carboxylic acids is 1. The van der Waals surface area contributed by atoms with Crippen molar-refractivity contribution < 1.29 is 33.2 Å². The number of fused-ring (bicyclic) bond motifs is 2. The monoisotopic (exact) mass is 770 g/mol. The number of hydrogen-bond acceptors (Lipinski definition) is 9. The highest BCUT2D eigenvalue weighted by atomic mass is 16.5. The summed E-state index contributed by atoms with van der Waals surface area (Å²) >= 11 is 0. The van der Waals surface area contributed by atoms with E-state index in [4.69, 9.17) is 29.4 Å². The van der Waals surface area contributed by atoms with Crippen LogP contribution >= 0.6 is 0 Å². The van der Waals surface area contributed by atoms with Crippen LogP contribution in [0.5, 0.6) is 11.5 Å². The van der Waals surface area contributed by atoms with Gasteiger partial charge in [-0.2, -0.15) is 0 Å². The Hall–Kier alpha value is -6.36. The van der Waals surface area contributed by atoms with Crippen molar-refractivity contribution in [1.82, 2.24) is 10.3 Å². The predicted octanol–water partition coefficient (Wildman–Crippen LogP) is 9.72. The van der Waals surface area contributed by atoms with Gasteiger partial charge in [-0.3, -0.25) is 4.79 Å². The van der Waals surface area contributed by atoms with Crippen molar-refractivity contribution in [3.05, 3.63) is 152 Å². The molecule has 0 saturated carbocycles. The fraction of sp³-hybridized carbons (Fsp3) is 0.304. The fourth-order valence-electron chi connectivity index (χ4n) is 7.03. The zero-order valence-corrected chi connectivity index (χ0v) is 33.0. The zero-order chi connectivity index (χ0) is 40.3. The molecule has 0 fully saturated rings. The van der Waals surface area contributed by atoms with Crippen LogP contribution < -0.4 is 20.5 Å². The molecule has 0 saturated heterocycles. The van der Waals surface area contributed by atoms with Crippen LogP contribution in [0.4, 0.5) is 11.4 Å². The number of amides is 1. The molecule has 0 spiro atoms. The van der Waals surface area contributed by atoms with Crippen LogP contribution in [-0.2, 0) is 38.9 Å². The van der Waals surface area contributed by atoms with Crippen LogP contribution in [0, 0.1) is 27.7 Å². The summed E-state index contributed by atoms with van der Waals surface area (Å²) in [7, 11) is 0. The van der Waals surface area contributed by atoms with E-state index in [1.165, 1.54) is 72.9 Å². The van der Waals surface area contributed by atoms with E-state index in [2.05, 4.69) is 33.8 Å². The van der Waals surface area contributed by atoms with Crippen LogP contribution in [0.2, 0.25) is 0 Å². The number of nitrogens with two attached hydrogens (primary N) is 1. The number of nitrogens with one attached hydrogen (secondary N) is 1. The molecule has 57 heavy (non-hydrogen) atoms. The number of hydrogen-bond donors (Lipinski definition) is 3. The Balaban J connectivity index is 0.000000161. The molecule has 11 heteroatoms. The summed E-state index contributed by atoms with van der Waals surface area (Å²) < 4.78 is 21.5. The number of carboxylic acid groups (broad SMARTS) is 1. The molecular formula is C46H50N4O7. The summed E-state index contributed by atoms with van der Waals surface area (Å²) in [6.07, 6.45) is 9.56. The highest BCUT2D eigenvalue weighted by molar-refractivity contribution is 6.04. The van der Waals surface area contributed by atoms with Gasteiger partial charge in [-0.1, -0.05) is 34.6 Å². The number of aromatic nitrogens is 2.